The number of hydrogen-bond donors (Lipinski definition) is 1. The number of carboxylic acid groups (broad SMARTS) is 1. The smallest absolute Gasteiger partial charge is 0.335 e. The molecule has 0 unspecified atom stereocenters. The van der Waals surface area contributed by atoms with E-state index in [-0.39, 0.29) is 5.56 Å². The van der Waals surface area contributed by atoms with Crippen LogP contribution in [0.5, 0.6) is 5.75 Å². The number of fused-ring (bicyclic) bond motifs is 1. The third kappa shape index (κ3) is 2.85. The summed E-state index contributed by atoms with van der Waals surface area (Å²) in [5.74, 6) is -0.237. The number of oxazole rings is 1. The van der Waals surface area contributed by atoms with Crippen molar-refractivity contribution in [3.8, 4) is 5.75 Å². The average molecular weight is 301 g/mol. The zero-order chi connectivity index (χ0) is 14.8. The predicted octanol–water partition coefficient (Wildman–Crippen LogP) is 3.69. The van der Waals surface area contributed by atoms with E-state index in [1.165, 1.54) is 23.9 Å². The van der Waals surface area contributed by atoms with Crippen molar-refractivity contribution in [3.63, 3.8) is 0 Å². The fourth-order valence-electron chi connectivity index (χ4n) is 1.85. The molecule has 21 heavy (non-hydrogen) atoms. The van der Waals surface area contributed by atoms with Crippen molar-refractivity contribution in [2.24, 2.45) is 0 Å². The summed E-state index contributed by atoms with van der Waals surface area (Å²) in [6.45, 7) is 0. The Balaban J connectivity index is 1.92. The largest absolute Gasteiger partial charge is 0.497 e. The molecule has 0 amide bonds. The second kappa shape index (κ2) is 5.49. The van der Waals surface area contributed by atoms with Crippen molar-refractivity contribution in [2.75, 3.05) is 7.11 Å². The number of hydrogen-bond acceptors (Lipinski definition) is 5. The van der Waals surface area contributed by atoms with Gasteiger partial charge in [-0.3, -0.25) is 0 Å². The Labute approximate surface area is 124 Å². The van der Waals surface area contributed by atoms with Crippen LogP contribution in [0.1, 0.15) is 10.4 Å². The van der Waals surface area contributed by atoms with Crippen LogP contribution in [0.3, 0.4) is 0 Å². The Morgan fingerprint density at radius 1 is 1.29 bits per heavy atom. The van der Waals surface area contributed by atoms with Gasteiger partial charge in [-0.15, -0.1) is 0 Å². The summed E-state index contributed by atoms with van der Waals surface area (Å²) in [6, 6.07) is 12.2. The molecule has 1 N–H and O–H groups in total. The highest BCUT2D eigenvalue weighted by molar-refractivity contribution is 7.99. The van der Waals surface area contributed by atoms with Gasteiger partial charge in [0.25, 0.3) is 5.22 Å². The Kier molecular flexibility index (Phi) is 3.53. The molecule has 0 saturated carbocycles. The summed E-state index contributed by atoms with van der Waals surface area (Å²) in [4.78, 5) is 16.2. The van der Waals surface area contributed by atoms with Gasteiger partial charge in [-0.1, -0.05) is 6.07 Å². The number of rotatable bonds is 4. The molecule has 1 heterocycles. The Hall–Kier alpha value is -2.47. The van der Waals surface area contributed by atoms with E-state index in [4.69, 9.17) is 14.3 Å². The molecular formula is C15H11NO4S. The topological polar surface area (TPSA) is 72.6 Å². The van der Waals surface area contributed by atoms with Crippen LogP contribution in [0.4, 0.5) is 0 Å². The zero-order valence-corrected chi connectivity index (χ0v) is 11.9. The number of carboxylic acids is 1. The molecule has 0 aliphatic heterocycles. The van der Waals surface area contributed by atoms with Crippen LogP contribution < -0.4 is 4.74 Å². The Bertz CT molecular complexity index is 812. The van der Waals surface area contributed by atoms with Gasteiger partial charge in [0.05, 0.1) is 12.7 Å². The highest BCUT2D eigenvalue weighted by Crippen LogP contribution is 2.31. The highest BCUT2D eigenvalue weighted by Gasteiger charge is 2.11. The van der Waals surface area contributed by atoms with Crippen LogP contribution in [0.15, 0.2) is 57.0 Å². The maximum Gasteiger partial charge on any atom is 0.335 e. The highest BCUT2D eigenvalue weighted by atomic mass is 32.2. The molecule has 0 aliphatic carbocycles. The molecule has 0 saturated heterocycles. The quantitative estimate of drug-likeness (QED) is 0.792. The summed E-state index contributed by atoms with van der Waals surface area (Å²) in [5.41, 5.74) is 1.27. The van der Waals surface area contributed by atoms with E-state index in [2.05, 4.69) is 4.98 Å². The minimum Gasteiger partial charge on any atom is -0.497 e. The SMILES string of the molecule is COc1cccc(Sc2nc3ccc(C(=O)O)cc3o2)c1. The maximum absolute atomic E-state index is 10.9. The molecule has 106 valence electrons. The zero-order valence-electron chi connectivity index (χ0n) is 11.1. The van der Waals surface area contributed by atoms with Gasteiger partial charge < -0.3 is 14.3 Å². The summed E-state index contributed by atoms with van der Waals surface area (Å²) >= 11 is 1.35. The van der Waals surface area contributed by atoms with Gasteiger partial charge in [0.2, 0.25) is 0 Å². The first-order valence-corrected chi connectivity index (χ1v) is 6.93. The summed E-state index contributed by atoms with van der Waals surface area (Å²) in [5, 5.41) is 9.42. The summed E-state index contributed by atoms with van der Waals surface area (Å²) < 4.78 is 10.7. The first-order valence-electron chi connectivity index (χ1n) is 6.11. The molecule has 0 bridgehead atoms. The van der Waals surface area contributed by atoms with E-state index in [0.717, 1.165) is 10.6 Å². The molecule has 0 spiro atoms. The van der Waals surface area contributed by atoms with E-state index < -0.39 is 5.97 Å². The lowest BCUT2D eigenvalue weighted by atomic mass is 10.2. The lowest BCUT2D eigenvalue weighted by molar-refractivity contribution is 0.0697. The van der Waals surface area contributed by atoms with Gasteiger partial charge in [0, 0.05) is 4.90 Å². The minimum atomic E-state index is -0.990. The van der Waals surface area contributed by atoms with Gasteiger partial charge in [-0.2, -0.15) is 0 Å². The summed E-state index contributed by atoms with van der Waals surface area (Å²) in [6.07, 6.45) is 0. The molecule has 6 heteroatoms. The number of aromatic carboxylic acids is 1. The van der Waals surface area contributed by atoms with Crippen LogP contribution in [0.25, 0.3) is 11.1 Å². The van der Waals surface area contributed by atoms with Crippen LogP contribution >= 0.6 is 11.8 Å². The number of benzene rings is 2. The second-order valence-electron chi connectivity index (χ2n) is 4.25. The van der Waals surface area contributed by atoms with Gasteiger partial charge in [0.15, 0.2) is 5.58 Å². The van der Waals surface area contributed by atoms with Gasteiger partial charge in [0.1, 0.15) is 11.3 Å². The van der Waals surface area contributed by atoms with Gasteiger partial charge in [-0.05, 0) is 48.2 Å². The van der Waals surface area contributed by atoms with Crippen molar-refractivity contribution in [3.05, 3.63) is 48.0 Å². The maximum atomic E-state index is 10.9. The molecule has 0 fully saturated rings. The lowest BCUT2D eigenvalue weighted by Gasteiger charge is -2.01. The van der Waals surface area contributed by atoms with Gasteiger partial charge in [-0.25, -0.2) is 9.78 Å². The van der Waals surface area contributed by atoms with E-state index in [1.807, 2.05) is 24.3 Å². The fourth-order valence-corrected chi connectivity index (χ4v) is 2.64. The molecule has 0 radical (unpaired) electrons. The number of nitrogens with zero attached hydrogens (tertiary/aromatic N) is 1. The van der Waals surface area contributed by atoms with E-state index in [0.29, 0.717) is 16.3 Å². The van der Waals surface area contributed by atoms with Crippen molar-refractivity contribution < 1.29 is 19.1 Å². The van der Waals surface area contributed by atoms with Crippen molar-refractivity contribution >= 4 is 28.8 Å². The molecule has 3 rings (SSSR count). The molecule has 2 aromatic carbocycles. The molecule has 1 aromatic heterocycles. The molecule has 3 aromatic rings. The summed E-state index contributed by atoms with van der Waals surface area (Å²) in [7, 11) is 1.61. The van der Waals surface area contributed by atoms with E-state index in [1.54, 1.807) is 13.2 Å². The molecule has 0 atom stereocenters. The van der Waals surface area contributed by atoms with Crippen LogP contribution in [-0.2, 0) is 0 Å². The van der Waals surface area contributed by atoms with Crippen LogP contribution in [0, 0.1) is 0 Å². The fraction of sp³-hybridized carbons (Fsp3) is 0.0667. The van der Waals surface area contributed by atoms with E-state index in [9.17, 15) is 4.79 Å². The molecular weight excluding hydrogens is 290 g/mol. The third-order valence-electron chi connectivity index (χ3n) is 2.86. The first-order chi connectivity index (χ1) is 10.2. The monoisotopic (exact) mass is 301 g/mol. The number of carbonyl (C=O) groups is 1. The van der Waals surface area contributed by atoms with Crippen molar-refractivity contribution in [1.29, 1.82) is 0 Å². The molecule has 5 nitrogen and oxygen atoms in total. The molecule has 0 aliphatic rings. The second-order valence-corrected chi connectivity index (χ2v) is 5.27. The standard InChI is InChI=1S/C15H11NO4S/c1-19-10-3-2-4-11(8-10)21-15-16-12-6-5-9(14(17)18)7-13(12)20-15/h2-8H,1H3,(H,17,18). The average Bonchev–Trinajstić information content (AvgIpc) is 2.88. The van der Waals surface area contributed by atoms with Crippen LogP contribution in [-0.4, -0.2) is 23.2 Å². The number of ether oxygens (including phenoxy) is 1. The first kappa shape index (κ1) is 13.5. The third-order valence-corrected chi connectivity index (χ3v) is 3.70. The Morgan fingerprint density at radius 3 is 2.90 bits per heavy atom. The minimum absolute atomic E-state index is 0.177. The number of aromatic nitrogens is 1. The van der Waals surface area contributed by atoms with E-state index >= 15 is 0 Å². The Morgan fingerprint density at radius 2 is 2.14 bits per heavy atom. The van der Waals surface area contributed by atoms with Gasteiger partial charge >= 0.3 is 5.97 Å². The normalized spacial score (nSPS) is 10.7. The van der Waals surface area contributed by atoms with Crippen molar-refractivity contribution in [2.45, 2.75) is 10.1 Å². The predicted molar refractivity (Wildman–Crippen MR) is 78.1 cm³/mol. The lowest BCUT2D eigenvalue weighted by Crippen LogP contribution is -1.94. The van der Waals surface area contributed by atoms with Crippen LogP contribution in [0.2, 0.25) is 0 Å². The van der Waals surface area contributed by atoms with Crippen molar-refractivity contribution in [1.82, 2.24) is 4.98 Å². The number of methoxy groups -OCH3 is 1.